The maximum absolute atomic E-state index is 13.0. The number of nitrogens with zero attached hydrogens (tertiary/aromatic N) is 3. The summed E-state index contributed by atoms with van der Waals surface area (Å²) < 4.78 is 0. The van der Waals surface area contributed by atoms with E-state index in [0.29, 0.717) is 5.56 Å². The number of carbonyl (C=O) groups excluding carboxylic acids is 1. The molecular weight excluding hydrogens is 422 g/mol. The van der Waals surface area contributed by atoms with Crippen LogP contribution in [0.3, 0.4) is 0 Å². The number of fused-ring (bicyclic) bond motifs is 4. The van der Waals surface area contributed by atoms with Gasteiger partial charge in [0.15, 0.2) is 0 Å². The molecule has 2 aromatic carbocycles. The first-order valence-corrected chi connectivity index (χ1v) is 10.5. The molecule has 1 unspecified atom stereocenters. The molecule has 6 rings (SSSR count). The summed E-state index contributed by atoms with van der Waals surface area (Å²) in [6.45, 7) is 0. The van der Waals surface area contributed by atoms with Gasteiger partial charge >= 0.3 is 0 Å². The first kappa shape index (κ1) is 18.7. The average Bonchev–Trinajstić information content (AvgIpc) is 3.39. The number of rotatable bonds is 3. The first-order chi connectivity index (χ1) is 15.7. The van der Waals surface area contributed by atoms with E-state index >= 15 is 0 Å². The number of benzene rings is 2. The SMILES string of the molecule is O=C(NC1c2ccccc2-c2c(-c3nc4ccncc4[nH]3)cccc21)c1ccnc(Cl)c1. The molecule has 1 atom stereocenters. The molecule has 0 saturated carbocycles. The first-order valence-electron chi connectivity index (χ1n) is 10.1. The largest absolute Gasteiger partial charge is 0.341 e. The average molecular weight is 438 g/mol. The third-order valence-electron chi connectivity index (χ3n) is 5.75. The van der Waals surface area contributed by atoms with Gasteiger partial charge < -0.3 is 10.3 Å². The summed E-state index contributed by atoms with van der Waals surface area (Å²) in [5.74, 6) is 0.565. The van der Waals surface area contributed by atoms with Crippen LogP contribution in [0.4, 0.5) is 0 Å². The minimum atomic E-state index is -0.286. The number of pyridine rings is 2. The number of imidazole rings is 1. The number of nitrogens with one attached hydrogen (secondary N) is 2. The molecule has 0 spiro atoms. The van der Waals surface area contributed by atoms with Crippen molar-refractivity contribution in [2.45, 2.75) is 6.04 Å². The maximum Gasteiger partial charge on any atom is 0.252 e. The van der Waals surface area contributed by atoms with Crippen molar-refractivity contribution in [3.05, 3.63) is 101 Å². The van der Waals surface area contributed by atoms with Crippen LogP contribution in [0.5, 0.6) is 0 Å². The topological polar surface area (TPSA) is 83.6 Å². The van der Waals surface area contributed by atoms with Crippen LogP contribution in [-0.2, 0) is 0 Å². The van der Waals surface area contributed by atoms with E-state index in [-0.39, 0.29) is 17.1 Å². The number of carbonyl (C=O) groups is 1. The Morgan fingerprint density at radius 1 is 0.969 bits per heavy atom. The van der Waals surface area contributed by atoms with Crippen molar-refractivity contribution in [1.29, 1.82) is 0 Å². The fourth-order valence-corrected chi connectivity index (χ4v) is 4.52. The Kier molecular flexibility index (Phi) is 4.26. The van der Waals surface area contributed by atoms with Crippen LogP contribution in [-0.4, -0.2) is 25.8 Å². The van der Waals surface area contributed by atoms with Gasteiger partial charge in [0.05, 0.1) is 23.3 Å². The second-order valence-corrected chi connectivity index (χ2v) is 8.00. The molecule has 154 valence electrons. The lowest BCUT2D eigenvalue weighted by Crippen LogP contribution is -2.28. The molecule has 1 aliphatic carbocycles. The van der Waals surface area contributed by atoms with E-state index in [9.17, 15) is 4.79 Å². The van der Waals surface area contributed by atoms with E-state index in [1.54, 1.807) is 24.5 Å². The lowest BCUT2D eigenvalue weighted by molar-refractivity contribution is 0.0943. The molecule has 0 aliphatic heterocycles. The van der Waals surface area contributed by atoms with Crippen molar-refractivity contribution in [2.24, 2.45) is 0 Å². The summed E-state index contributed by atoms with van der Waals surface area (Å²) in [5.41, 5.74) is 7.40. The predicted octanol–water partition coefficient (Wildman–Crippen LogP) is 5.17. The Morgan fingerprint density at radius 3 is 2.69 bits per heavy atom. The van der Waals surface area contributed by atoms with Crippen molar-refractivity contribution in [3.8, 4) is 22.5 Å². The Morgan fingerprint density at radius 2 is 1.81 bits per heavy atom. The van der Waals surface area contributed by atoms with Gasteiger partial charge in [-0.2, -0.15) is 0 Å². The zero-order valence-electron chi connectivity index (χ0n) is 16.7. The van der Waals surface area contributed by atoms with Crippen molar-refractivity contribution in [2.75, 3.05) is 0 Å². The normalized spacial score (nSPS) is 14.2. The van der Waals surface area contributed by atoms with Crippen molar-refractivity contribution in [3.63, 3.8) is 0 Å². The highest BCUT2D eigenvalue weighted by Gasteiger charge is 2.32. The third-order valence-corrected chi connectivity index (χ3v) is 5.96. The number of hydrogen-bond acceptors (Lipinski definition) is 4. The molecule has 2 N–H and O–H groups in total. The zero-order valence-corrected chi connectivity index (χ0v) is 17.5. The Bertz CT molecular complexity index is 1480. The molecule has 0 saturated heterocycles. The van der Waals surface area contributed by atoms with Crippen LogP contribution >= 0.6 is 11.6 Å². The summed E-state index contributed by atoms with van der Waals surface area (Å²) in [6.07, 6.45) is 5.03. The van der Waals surface area contributed by atoms with Crippen LogP contribution in [0, 0.1) is 0 Å². The number of hydrogen-bond donors (Lipinski definition) is 2. The van der Waals surface area contributed by atoms with Gasteiger partial charge in [0.25, 0.3) is 5.91 Å². The van der Waals surface area contributed by atoms with Gasteiger partial charge in [0.2, 0.25) is 0 Å². The Hall–Kier alpha value is -4.03. The summed E-state index contributed by atoms with van der Waals surface area (Å²) in [4.78, 5) is 29.3. The Labute approximate surface area is 188 Å². The molecule has 0 bridgehead atoms. The van der Waals surface area contributed by atoms with Gasteiger partial charge in [0.1, 0.15) is 11.0 Å². The smallest absolute Gasteiger partial charge is 0.252 e. The van der Waals surface area contributed by atoms with Gasteiger partial charge in [0, 0.05) is 23.5 Å². The van der Waals surface area contributed by atoms with Gasteiger partial charge in [-0.1, -0.05) is 54.1 Å². The lowest BCUT2D eigenvalue weighted by Gasteiger charge is -2.16. The second-order valence-electron chi connectivity index (χ2n) is 7.61. The zero-order chi connectivity index (χ0) is 21.7. The summed E-state index contributed by atoms with van der Waals surface area (Å²) in [5, 5.41) is 3.46. The summed E-state index contributed by atoms with van der Waals surface area (Å²) in [6, 6.07) is 19.0. The van der Waals surface area contributed by atoms with E-state index in [2.05, 4.69) is 26.3 Å². The molecule has 32 heavy (non-hydrogen) atoms. The third kappa shape index (κ3) is 2.96. The highest BCUT2D eigenvalue weighted by molar-refractivity contribution is 6.29. The highest BCUT2D eigenvalue weighted by Crippen LogP contribution is 2.47. The standard InChI is InChI=1S/C25H16ClN5O/c26-21-12-14(8-11-28-21)25(32)31-23-16-5-2-1-4-15(16)22-17(23)6-3-7-18(22)24-29-19-9-10-27-13-20(19)30-24/h1-13,23H,(H,29,30)(H,31,32). The van der Waals surface area contributed by atoms with E-state index in [1.807, 2.05) is 42.5 Å². The van der Waals surface area contributed by atoms with Crippen LogP contribution in [0.25, 0.3) is 33.5 Å². The van der Waals surface area contributed by atoms with Crippen molar-refractivity contribution in [1.82, 2.24) is 25.3 Å². The molecular formula is C25H16ClN5O. The number of amides is 1. The van der Waals surface area contributed by atoms with E-state index in [0.717, 1.165) is 44.7 Å². The van der Waals surface area contributed by atoms with E-state index in [1.165, 1.54) is 6.20 Å². The molecule has 0 radical (unpaired) electrons. The molecule has 3 aromatic heterocycles. The maximum atomic E-state index is 13.0. The van der Waals surface area contributed by atoms with Crippen molar-refractivity contribution < 1.29 is 4.79 Å². The summed E-state index contributed by atoms with van der Waals surface area (Å²) in [7, 11) is 0. The molecule has 7 heteroatoms. The molecule has 0 fully saturated rings. The lowest BCUT2D eigenvalue weighted by atomic mass is 9.98. The second kappa shape index (κ2) is 7.28. The van der Waals surface area contributed by atoms with Crippen LogP contribution in [0.1, 0.15) is 27.5 Å². The van der Waals surface area contributed by atoms with Gasteiger partial charge in [-0.25, -0.2) is 9.97 Å². The molecule has 5 aromatic rings. The Balaban J connectivity index is 1.48. The quantitative estimate of drug-likeness (QED) is 0.381. The van der Waals surface area contributed by atoms with E-state index < -0.39 is 0 Å². The van der Waals surface area contributed by atoms with Crippen LogP contribution in [0.15, 0.2) is 79.3 Å². The van der Waals surface area contributed by atoms with E-state index in [4.69, 9.17) is 16.6 Å². The highest BCUT2D eigenvalue weighted by atomic mass is 35.5. The summed E-state index contributed by atoms with van der Waals surface area (Å²) >= 11 is 5.98. The number of aromatic nitrogens is 4. The number of aromatic amines is 1. The number of halogens is 1. The van der Waals surface area contributed by atoms with Crippen LogP contribution in [0.2, 0.25) is 5.15 Å². The van der Waals surface area contributed by atoms with Gasteiger partial charge in [-0.15, -0.1) is 0 Å². The van der Waals surface area contributed by atoms with Gasteiger partial charge in [-0.3, -0.25) is 9.78 Å². The number of H-pyrrole nitrogens is 1. The molecule has 1 aliphatic rings. The molecule has 1 amide bonds. The minimum absolute atomic E-state index is 0.206. The monoisotopic (exact) mass is 437 g/mol. The molecule has 6 nitrogen and oxygen atoms in total. The van der Waals surface area contributed by atoms with Gasteiger partial charge in [-0.05, 0) is 40.5 Å². The van der Waals surface area contributed by atoms with Crippen molar-refractivity contribution >= 4 is 28.5 Å². The van der Waals surface area contributed by atoms with Crippen LogP contribution < -0.4 is 5.32 Å². The fourth-order valence-electron chi connectivity index (χ4n) is 4.35. The predicted molar refractivity (Wildman–Crippen MR) is 123 cm³/mol. The minimum Gasteiger partial charge on any atom is -0.341 e. The molecule has 3 heterocycles. The fraction of sp³-hybridized carbons (Fsp3) is 0.0400.